The molecule has 1 aromatic heterocycles. The predicted octanol–water partition coefficient (Wildman–Crippen LogP) is 5.05. The monoisotopic (exact) mass is 398 g/mol. The Bertz CT molecular complexity index is 1150. The molecule has 1 N–H and O–H groups in total. The summed E-state index contributed by atoms with van der Waals surface area (Å²) in [4.78, 5) is 24.3. The Kier molecular flexibility index (Phi) is 4.42. The Morgan fingerprint density at radius 3 is 2.71 bits per heavy atom. The van der Waals surface area contributed by atoms with Crippen LogP contribution in [0.15, 0.2) is 51.7 Å². The molecule has 2 unspecified atom stereocenters. The first kappa shape index (κ1) is 18.6. The Morgan fingerprint density at radius 1 is 1.29 bits per heavy atom. The smallest absolute Gasteiger partial charge is 0.348 e. The van der Waals surface area contributed by atoms with E-state index >= 15 is 0 Å². The lowest BCUT2D eigenvalue weighted by atomic mass is 9.70. The summed E-state index contributed by atoms with van der Waals surface area (Å²) in [6.07, 6.45) is 1.27. The largest absolute Gasteiger partial charge is 0.478 e. The lowest BCUT2D eigenvalue weighted by Gasteiger charge is -2.44. The summed E-state index contributed by atoms with van der Waals surface area (Å²) < 4.78 is 11.9. The zero-order chi connectivity index (χ0) is 20.1. The highest BCUT2D eigenvalue weighted by Gasteiger charge is 2.53. The van der Waals surface area contributed by atoms with Gasteiger partial charge in [-0.15, -0.1) is 0 Å². The summed E-state index contributed by atoms with van der Waals surface area (Å²) in [5, 5.41) is 10.4. The Labute approximate surface area is 166 Å². The highest BCUT2D eigenvalue weighted by Crippen LogP contribution is 2.43. The third-order valence-electron chi connectivity index (χ3n) is 5.58. The molecule has 1 saturated carbocycles. The molecule has 3 aromatic rings. The van der Waals surface area contributed by atoms with Crippen LogP contribution in [0.5, 0.6) is 5.75 Å². The van der Waals surface area contributed by atoms with E-state index in [0.29, 0.717) is 39.5 Å². The molecular formula is C22H19ClO5. The van der Waals surface area contributed by atoms with Gasteiger partial charge in [0.1, 0.15) is 11.5 Å². The minimum Gasteiger partial charge on any atom is -0.478 e. The quantitative estimate of drug-likeness (QED) is 0.665. The van der Waals surface area contributed by atoms with Crippen molar-refractivity contribution in [3.8, 4) is 17.1 Å². The first-order valence-corrected chi connectivity index (χ1v) is 9.45. The van der Waals surface area contributed by atoms with Gasteiger partial charge in [0.2, 0.25) is 5.60 Å². The number of aliphatic carboxylic acids is 1. The van der Waals surface area contributed by atoms with E-state index in [1.54, 1.807) is 30.3 Å². The summed E-state index contributed by atoms with van der Waals surface area (Å²) in [5.41, 5.74) is 0.342. The summed E-state index contributed by atoms with van der Waals surface area (Å²) in [7, 11) is 0. The van der Waals surface area contributed by atoms with Crippen molar-refractivity contribution in [3.05, 3.63) is 63.3 Å². The molecule has 0 saturated heterocycles. The topological polar surface area (TPSA) is 76.7 Å². The standard InChI is InChI=1S/C22H19ClO5/c1-12-6-7-14(10-18(12)28-22(21(25)26)9-8-13(22)2)19-11-17(24)15-4-3-5-16(23)20(15)27-19/h3-7,10-11,13H,8-9H2,1-2H3,(H,25,26). The van der Waals surface area contributed by atoms with E-state index in [-0.39, 0.29) is 11.3 Å². The van der Waals surface area contributed by atoms with E-state index in [4.69, 9.17) is 20.8 Å². The highest BCUT2D eigenvalue weighted by molar-refractivity contribution is 6.34. The fraction of sp³-hybridized carbons (Fsp3) is 0.273. The lowest BCUT2D eigenvalue weighted by Crippen LogP contribution is -2.57. The van der Waals surface area contributed by atoms with Gasteiger partial charge in [-0.2, -0.15) is 0 Å². The summed E-state index contributed by atoms with van der Waals surface area (Å²) in [5.74, 6) is -0.222. The normalized spacial score (nSPS) is 21.3. The number of hydrogen-bond donors (Lipinski definition) is 1. The summed E-state index contributed by atoms with van der Waals surface area (Å²) in [6, 6.07) is 11.8. The van der Waals surface area contributed by atoms with E-state index in [9.17, 15) is 14.7 Å². The fourth-order valence-electron chi connectivity index (χ4n) is 3.55. The molecule has 5 nitrogen and oxygen atoms in total. The van der Waals surface area contributed by atoms with Gasteiger partial charge in [0.25, 0.3) is 0 Å². The molecule has 1 heterocycles. The van der Waals surface area contributed by atoms with Crippen LogP contribution in [0.4, 0.5) is 0 Å². The van der Waals surface area contributed by atoms with Crippen molar-refractivity contribution in [3.63, 3.8) is 0 Å². The Morgan fingerprint density at radius 2 is 2.07 bits per heavy atom. The zero-order valence-electron chi connectivity index (χ0n) is 15.5. The van der Waals surface area contributed by atoms with Crippen LogP contribution in [0.25, 0.3) is 22.3 Å². The van der Waals surface area contributed by atoms with E-state index < -0.39 is 11.6 Å². The number of rotatable bonds is 4. The number of carbonyl (C=O) groups is 1. The van der Waals surface area contributed by atoms with Crippen molar-refractivity contribution in [2.75, 3.05) is 0 Å². The number of hydrogen-bond acceptors (Lipinski definition) is 4. The molecule has 0 amide bonds. The highest BCUT2D eigenvalue weighted by atomic mass is 35.5. The molecule has 0 radical (unpaired) electrons. The number of halogens is 1. The van der Waals surface area contributed by atoms with Crippen LogP contribution in [0.3, 0.4) is 0 Å². The number of carboxylic acids is 1. The third kappa shape index (κ3) is 2.87. The van der Waals surface area contributed by atoms with E-state index in [0.717, 1.165) is 12.0 Å². The second-order valence-corrected chi connectivity index (χ2v) is 7.72. The number of para-hydroxylation sites is 1. The van der Waals surface area contributed by atoms with Gasteiger partial charge < -0.3 is 14.3 Å². The van der Waals surface area contributed by atoms with Crippen molar-refractivity contribution in [2.24, 2.45) is 5.92 Å². The molecule has 2 atom stereocenters. The van der Waals surface area contributed by atoms with Gasteiger partial charge in [0.15, 0.2) is 11.0 Å². The van der Waals surface area contributed by atoms with Gasteiger partial charge in [-0.3, -0.25) is 4.79 Å². The zero-order valence-corrected chi connectivity index (χ0v) is 16.2. The van der Waals surface area contributed by atoms with Crippen LogP contribution in [0, 0.1) is 12.8 Å². The maximum Gasteiger partial charge on any atom is 0.348 e. The second kappa shape index (κ2) is 6.67. The Hall–Kier alpha value is -2.79. The summed E-state index contributed by atoms with van der Waals surface area (Å²) in [6.45, 7) is 3.73. The average molecular weight is 399 g/mol. The molecule has 1 aliphatic carbocycles. The van der Waals surface area contributed by atoms with Crippen molar-refractivity contribution in [2.45, 2.75) is 32.3 Å². The van der Waals surface area contributed by atoms with Gasteiger partial charge in [-0.1, -0.05) is 36.7 Å². The van der Waals surface area contributed by atoms with Gasteiger partial charge in [-0.25, -0.2) is 4.79 Å². The molecule has 6 heteroatoms. The van der Waals surface area contributed by atoms with Crippen molar-refractivity contribution >= 4 is 28.5 Å². The molecule has 0 aliphatic heterocycles. The third-order valence-corrected chi connectivity index (χ3v) is 5.88. The molecule has 1 fully saturated rings. The molecule has 0 spiro atoms. The average Bonchev–Trinajstić information content (AvgIpc) is 2.66. The van der Waals surface area contributed by atoms with Gasteiger partial charge in [0, 0.05) is 17.5 Å². The first-order valence-electron chi connectivity index (χ1n) is 9.07. The number of carboxylic acid groups (broad SMARTS) is 1. The van der Waals surface area contributed by atoms with Gasteiger partial charge >= 0.3 is 5.97 Å². The van der Waals surface area contributed by atoms with E-state index in [1.807, 2.05) is 19.9 Å². The summed E-state index contributed by atoms with van der Waals surface area (Å²) >= 11 is 6.19. The number of benzene rings is 2. The molecular weight excluding hydrogens is 380 g/mol. The molecule has 4 rings (SSSR count). The molecule has 1 aliphatic rings. The van der Waals surface area contributed by atoms with E-state index in [2.05, 4.69) is 0 Å². The van der Waals surface area contributed by atoms with Gasteiger partial charge in [-0.05, 0) is 43.5 Å². The SMILES string of the molecule is Cc1ccc(-c2cc(=O)c3cccc(Cl)c3o2)cc1OC1(C(=O)O)CCC1C. The molecule has 28 heavy (non-hydrogen) atoms. The number of ether oxygens (including phenoxy) is 1. The Balaban J connectivity index is 1.80. The van der Waals surface area contributed by atoms with Gasteiger partial charge in [0.05, 0.1) is 10.4 Å². The molecule has 2 aromatic carbocycles. The van der Waals surface area contributed by atoms with E-state index in [1.165, 1.54) is 6.07 Å². The van der Waals surface area contributed by atoms with Crippen LogP contribution < -0.4 is 10.2 Å². The van der Waals surface area contributed by atoms with Crippen LogP contribution >= 0.6 is 11.6 Å². The fourth-order valence-corrected chi connectivity index (χ4v) is 3.77. The van der Waals surface area contributed by atoms with Crippen LogP contribution in [0.1, 0.15) is 25.3 Å². The minimum absolute atomic E-state index is 0.0783. The number of fused-ring (bicyclic) bond motifs is 1. The van der Waals surface area contributed by atoms with Crippen molar-refractivity contribution in [1.29, 1.82) is 0 Å². The van der Waals surface area contributed by atoms with Crippen molar-refractivity contribution in [1.82, 2.24) is 0 Å². The first-order chi connectivity index (χ1) is 13.3. The van der Waals surface area contributed by atoms with Crippen LogP contribution in [0.2, 0.25) is 5.02 Å². The minimum atomic E-state index is -1.21. The van der Waals surface area contributed by atoms with Crippen LogP contribution in [-0.4, -0.2) is 16.7 Å². The number of aryl methyl sites for hydroxylation is 1. The molecule has 144 valence electrons. The predicted molar refractivity (Wildman–Crippen MR) is 107 cm³/mol. The molecule has 0 bridgehead atoms. The van der Waals surface area contributed by atoms with Crippen LogP contribution in [-0.2, 0) is 4.79 Å². The lowest BCUT2D eigenvalue weighted by molar-refractivity contribution is -0.172. The maximum absolute atomic E-state index is 12.5. The van der Waals surface area contributed by atoms with Crippen molar-refractivity contribution < 1.29 is 19.1 Å². The second-order valence-electron chi connectivity index (χ2n) is 7.31. The maximum atomic E-state index is 12.5.